The van der Waals surface area contributed by atoms with E-state index < -0.39 is 31.5 Å². The first-order chi connectivity index (χ1) is 15.1. The molecule has 1 heterocycles. The SMILES string of the molecule is COc1ccc(C(C(=O)Nc2ccc([Si](C)(C)C)cc2)N(C)C(=O)c2cc(=O)[nH]o2)cc1. The van der Waals surface area contributed by atoms with Gasteiger partial charge in [0.25, 0.3) is 17.4 Å². The number of H-pyrrole nitrogens is 1. The summed E-state index contributed by atoms with van der Waals surface area (Å²) in [6.45, 7) is 6.75. The van der Waals surface area contributed by atoms with Gasteiger partial charge in [0.2, 0.25) is 5.76 Å². The molecular weight excluding hydrogens is 426 g/mol. The van der Waals surface area contributed by atoms with Gasteiger partial charge in [0, 0.05) is 12.7 Å². The molecule has 32 heavy (non-hydrogen) atoms. The minimum Gasteiger partial charge on any atom is -0.497 e. The van der Waals surface area contributed by atoms with Crippen LogP contribution in [-0.2, 0) is 4.79 Å². The van der Waals surface area contributed by atoms with Gasteiger partial charge in [0.15, 0.2) is 0 Å². The van der Waals surface area contributed by atoms with Crippen LogP contribution in [-0.4, -0.2) is 44.1 Å². The number of hydrogen-bond acceptors (Lipinski definition) is 5. The molecule has 0 saturated heterocycles. The van der Waals surface area contributed by atoms with E-state index in [1.165, 1.54) is 17.1 Å². The number of aromatic nitrogens is 1. The Labute approximate surface area is 187 Å². The number of nitrogens with one attached hydrogen (secondary N) is 2. The molecular formula is C23H27N3O5Si. The molecule has 1 atom stereocenters. The fraction of sp³-hybridized carbons (Fsp3) is 0.261. The Balaban J connectivity index is 1.91. The predicted octanol–water partition coefficient (Wildman–Crippen LogP) is 2.97. The third-order valence-electron chi connectivity index (χ3n) is 5.14. The molecule has 0 aliphatic carbocycles. The summed E-state index contributed by atoms with van der Waals surface area (Å²) in [5, 5.41) is 6.26. The molecule has 0 aliphatic rings. The largest absolute Gasteiger partial charge is 0.497 e. The van der Waals surface area contributed by atoms with Gasteiger partial charge in [-0.05, 0) is 29.8 Å². The summed E-state index contributed by atoms with van der Waals surface area (Å²) < 4.78 is 10.1. The minimum absolute atomic E-state index is 0.177. The van der Waals surface area contributed by atoms with E-state index in [1.54, 1.807) is 31.4 Å². The second-order valence-corrected chi connectivity index (χ2v) is 13.6. The summed E-state index contributed by atoms with van der Waals surface area (Å²) in [7, 11) is 1.57. The summed E-state index contributed by atoms with van der Waals surface area (Å²) >= 11 is 0. The molecule has 9 heteroatoms. The Bertz CT molecular complexity index is 1140. The van der Waals surface area contributed by atoms with Crippen LogP contribution < -0.4 is 20.8 Å². The number of rotatable bonds is 7. The highest BCUT2D eigenvalue weighted by Gasteiger charge is 2.31. The summed E-state index contributed by atoms with van der Waals surface area (Å²) in [5.74, 6) is -0.554. The molecule has 3 rings (SSSR count). The van der Waals surface area contributed by atoms with Gasteiger partial charge >= 0.3 is 0 Å². The molecule has 2 aromatic carbocycles. The zero-order chi connectivity index (χ0) is 23.5. The highest BCUT2D eigenvalue weighted by molar-refractivity contribution is 6.88. The standard InChI is InChI=1S/C23H27N3O5Si/c1-26(23(29)19-14-20(27)25-31-19)21(15-6-10-17(30-2)11-7-15)22(28)24-16-8-12-18(13-9-16)32(3,4)5/h6-14,21H,1-5H3,(H,24,28)(H,25,27). The first kappa shape index (κ1) is 23.1. The maximum Gasteiger partial charge on any atom is 0.293 e. The third-order valence-corrected chi connectivity index (χ3v) is 7.21. The number of nitrogens with zero attached hydrogens (tertiary/aromatic N) is 1. The van der Waals surface area contributed by atoms with Gasteiger partial charge in [-0.15, -0.1) is 0 Å². The van der Waals surface area contributed by atoms with Gasteiger partial charge < -0.3 is 19.5 Å². The molecule has 168 valence electrons. The Morgan fingerprint density at radius 1 is 1.06 bits per heavy atom. The van der Waals surface area contributed by atoms with Crippen LogP contribution in [0.4, 0.5) is 5.69 Å². The van der Waals surface area contributed by atoms with Crippen LogP contribution in [0.15, 0.2) is 63.9 Å². The van der Waals surface area contributed by atoms with E-state index in [-0.39, 0.29) is 5.76 Å². The van der Waals surface area contributed by atoms with Crippen molar-refractivity contribution < 1.29 is 18.8 Å². The van der Waals surface area contributed by atoms with Crippen molar-refractivity contribution in [1.29, 1.82) is 0 Å². The predicted molar refractivity (Wildman–Crippen MR) is 125 cm³/mol. The van der Waals surface area contributed by atoms with Gasteiger partial charge in [-0.2, -0.15) is 5.16 Å². The van der Waals surface area contributed by atoms with E-state index in [0.717, 1.165) is 6.07 Å². The number of benzene rings is 2. The molecule has 0 saturated carbocycles. The minimum atomic E-state index is -1.46. The second-order valence-electron chi connectivity index (χ2n) is 8.49. The van der Waals surface area contributed by atoms with Gasteiger partial charge in [-0.3, -0.25) is 14.4 Å². The van der Waals surface area contributed by atoms with Crippen LogP contribution >= 0.6 is 0 Å². The molecule has 1 unspecified atom stereocenters. The summed E-state index contributed by atoms with van der Waals surface area (Å²) in [5.41, 5.74) is 0.676. The van der Waals surface area contributed by atoms with Crippen LogP contribution in [0.5, 0.6) is 5.75 Å². The number of carbonyl (C=O) groups excluding carboxylic acids is 2. The lowest BCUT2D eigenvalue weighted by atomic mass is 10.0. The van der Waals surface area contributed by atoms with E-state index in [2.05, 4.69) is 30.1 Å². The number of ether oxygens (including phenoxy) is 1. The molecule has 3 aromatic rings. The molecule has 0 bridgehead atoms. The molecule has 0 spiro atoms. The lowest BCUT2D eigenvalue weighted by Gasteiger charge is -2.27. The van der Waals surface area contributed by atoms with Crippen LogP contribution in [0.1, 0.15) is 22.2 Å². The quantitative estimate of drug-likeness (QED) is 0.535. The number of aromatic amines is 1. The van der Waals surface area contributed by atoms with Crippen molar-refractivity contribution in [2.45, 2.75) is 25.7 Å². The first-order valence-electron chi connectivity index (χ1n) is 10.1. The molecule has 0 aliphatic heterocycles. The lowest BCUT2D eigenvalue weighted by Crippen LogP contribution is -2.39. The van der Waals surface area contributed by atoms with Crippen molar-refractivity contribution in [3.63, 3.8) is 0 Å². The highest BCUT2D eigenvalue weighted by atomic mass is 28.3. The molecule has 2 amide bonds. The van der Waals surface area contributed by atoms with Gasteiger partial charge in [0.05, 0.1) is 21.3 Å². The molecule has 1 aromatic heterocycles. The van der Waals surface area contributed by atoms with Crippen molar-refractivity contribution in [3.8, 4) is 5.75 Å². The van der Waals surface area contributed by atoms with Gasteiger partial charge in [-0.1, -0.05) is 49.1 Å². The van der Waals surface area contributed by atoms with E-state index in [9.17, 15) is 14.4 Å². The molecule has 8 nitrogen and oxygen atoms in total. The van der Waals surface area contributed by atoms with Crippen molar-refractivity contribution in [3.05, 3.63) is 76.3 Å². The Hall–Kier alpha value is -3.59. The van der Waals surface area contributed by atoms with Crippen molar-refractivity contribution in [1.82, 2.24) is 10.1 Å². The van der Waals surface area contributed by atoms with E-state index in [0.29, 0.717) is 17.0 Å². The Morgan fingerprint density at radius 2 is 1.69 bits per heavy atom. The average Bonchev–Trinajstić information content (AvgIpc) is 3.19. The number of anilines is 1. The van der Waals surface area contributed by atoms with Gasteiger partial charge in [0.1, 0.15) is 11.8 Å². The zero-order valence-electron chi connectivity index (χ0n) is 18.8. The highest BCUT2D eigenvalue weighted by Crippen LogP contribution is 2.25. The van der Waals surface area contributed by atoms with Crippen LogP contribution in [0.2, 0.25) is 19.6 Å². The van der Waals surface area contributed by atoms with Gasteiger partial charge in [-0.25, -0.2) is 0 Å². The lowest BCUT2D eigenvalue weighted by molar-refractivity contribution is -0.120. The van der Waals surface area contributed by atoms with E-state index >= 15 is 0 Å². The average molecular weight is 454 g/mol. The van der Waals surface area contributed by atoms with Crippen molar-refractivity contribution >= 4 is 30.8 Å². The van der Waals surface area contributed by atoms with E-state index in [4.69, 9.17) is 9.26 Å². The monoisotopic (exact) mass is 453 g/mol. The van der Waals surface area contributed by atoms with Crippen LogP contribution in [0, 0.1) is 0 Å². The number of methoxy groups -OCH3 is 1. The fourth-order valence-electron chi connectivity index (χ4n) is 3.28. The molecule has 0 radical (unpaired) electrons. The van der Waals surface area contributed by atoms with Crippen LogP contribution in [0.25, 0.3) is 0 Å². The van der Waals surface area contributed by atoms with Crippen molar-refractivity contribution in [2.24, 2.45) is 0 Å². The normalized spacial score (nSPS) is 12.2. The maximum absolute atomic E-state index is 13.3. The molecule has 0 fully saturated rings. The van der Waals surface area contributed by atoms with Crippen molar-refractivity contribution in [2.75, 3.05) is 19.5 Å². The summed E-state index contributed by atoms with van der Waals surface area (Å²) in [6.07, 6.45) is 0. The molecule has 2 N–H and O–H groups in total. The Kier molecular flexibility index (Phi) is 6.68. The topological polar surface area (TPSA) is 105 Å². The third kappa shape index (κ3) is 5.17. The first-order valence-corrected chi connectivity index (χ1v) is 13.6. The number of carbonyl (C=O) groups is 2. The number of likely N-dealkylation sites (N-methyl/N-ethyl adjacent to an activating group) is 1. The van der Waals surface area contributed by atoms with E-state index in [1.807, 2.05) is 24.3 Å². The Morgan fingerprint density at radius 3 is 2.19 bits per heavy atom. The summed E-state index contributed by atoms with van der Waals surface area (Å²) in [6, 6.07) is 14.7. The maximum atomic E-state index is 13.3. The fourth-order valence-corrected chi connectivity index (χ4v) is 4.45. The number of hydrogen-bond donors (Lipinski definition) is 2. The zero-order valence-corrected chi connectivity index (χ0v) is 19.8. The second kappa shape index (κ2) is 9.27. The smallest absolute Gasteiger partial charge is 0.293 e. The van der Waals surface area contributed by atoms with Crippen LogP contribution in [0.3, 0.4) is 0 Å². The number of amides is 2. The summed E-state index contributed by atoms with van der Waals surface area (Å²) in [4.78, 5) is 38.8.